The molecule has 0 unspecified atom stereocenters. The number of amides is 1. The molecule has 0 fully saturated rings. The van der Waals surface area contributed by atoms with Gasteiger partial charge in [-0.25, -0.2) is 8.78 Å². The first-order valence-corrected chi connectivity index (χ1v) is 9.89. The average Bonchev–Trinajstić information content (AvgIpc) is 3.35. The zero-order chi connectivity index (χ0) is 22.7. The summed E-state index contributed by atoms with van der Waals surface area (Å²) in [7, 11) is 0. The Bertz CT molecular complexity index is 1270. The van der Waals surface area contributed by atoms with Crippen molar-refractivity contribution in [3.05, 3.63) is 94.0 Å². The minimum absolute atomic E-state index is 0.0225. The summed E-state index contributed by atoms with van der Waals surface area (Å²) < 4.78 is 39.0. The molecule has 4 aromatic rings. The summed E-state index contributed by atoms with van der Waals surface area (Å²) in [5.74, 6) is -1.65. The predicted molar refractivity (Wildman–Crippen MR) is 113 cm³/mol. The first-order chi connectivity index (χ1) is 15.4. The topological polar surface area (TPSA) is 82.2 Å². The number of ether oxygens (including phenoxy) is 1. The van der Waals surface area contributed by atoms with Gasteiger partial charge in [0.05, 0.1) is 12.1 Å². The van der Waals surface area contributed by atoms with Crippen molar-refractivity contribution in [2.75, 3.05) is 5.32 Å². The van der Waals surface area contributed by atoms with Crippen molar-refractivity contribution in [1.29, 1.82) is 0 Å². The van der Waals surface area contributed by atoms with Gasteiger partial charge in [-0.2, -0.15) is 5.10 Å². The number of nitrogens with one attached hydrogen (secondary N) is 1. The molecule has 2 aromatic carbocycles. The Morgan fingerprint density at radius 3 is 2.81 bits per heavy atom. The molecule has 1 amide bonds. The van der Waals surface area contributed by atoms with Crippen molar-refractivity contribution in [1.82, 2.24) is 14.9 Å². The fourth-order valence-electron chi connectivity index (χ4n) is 2.97. The molecule has 32 heavy (non-hydrogen) atoms. The van der Waals surface area contributed by atoms with Crippen molar-refractivity contribution in [2.45, 2.75) is 20.1 Å². The van der Waals surface area contributed by atoms with E-state index in [0.717, 1.165) is 11.6 Å². The quantitative estimate of drug-likeness (QED) is 0.422. The van der Waals surface area contributed by atoms with E-state index in [0.29, 0.717) is 34.8 Å². The highest BCUT2D eigenvalue weighted by Gasteiger charge is 2.22. The van der Waals surface area contributed by atoms with Crippen LogP contribution in [0.3, 0.4) is 0 Å². The Morgan fingerprint density at radius 1 is 1.22 bits per heavy atom. The van der Waals surface area contributed by atoms with Crippen molar-refractivity contribution >= 4 is 23.3 Å². The molecule has 4 rings (SSSR count). The largest absolute Gasteiger partial charge is 0.486 e. The SMILES string of the molecule is Cc1onc(C(=O)Nc2ccn(Cc3ccccc3Cl)n2)c1COc1ccc(F)cc1F. The molecule has 0 spiro atoms. The predicted octanol–water partition coefficient (Wildman–Crippen LogP) is 4.99. The van der Waals surface area contributed by atoms with E-state index in [4.69, 9.17) is 20.9 Å². The second-order valence-corrected chi connectivity index (χ2v) is 7.28. The van der Waals surface area contributed by atoms with E-state index in [1.165, 1.54) is 6.07 Å². The standard InChI is InChI=1S/C22H17ClF2N4O3/c1-13-16(12-31-19-7-6-15(24)10-18(19)25)21(28-32-13)22(30)26-20-8-9-29(27-20)11-14-4-2-3-5-17(14)23/h2-10H,11-12H2,1H3,(H,26,27,30). The van der Waals surface area contributed by atoms with Crippen LogP contribution >= 0.6 is 11.6 Å². The monoisotopic (exact) mass is 458 g/mol. The number of hydrogen-bond donors (Lipinski definition) is 1. The third kappa shape index (κ3) is 4.78. The van der Waals surface area contributed by atoms with Crippen molar-refractivity contribution in [2.24, 2.45) is 0 Å². The summed E-state index contributed by atoms with van der Waals surface area (Å²) in [5.41, 5.74) is 1.20. The molecule has 164 valence electrons. The van der Waals surface area contributed by atoms with Gasteiger partial charge in [-0.3, -0.25) is 9.48 Å². The Kier molecular flexibility index (Phi) is 6.18. The fourth-order valence-corrected chi connectivity index (χ4v) is 3.17. The smallest absolute Gasteiger partial charge is 0.279 e. The molecule has 7 nitrogen and oxygen atoms in total. The third-order valence-corrected chi connectivity index (χ3v) is 5.01. The van der Waals surface area contributed by atoms with Crippen LogP contribution in [0.2, 0.25) is 5.02 Å². The van der Waals surface area contributed by atoms with Crippen LogP contribution in [-0.4, -0.2) is 20.8 Å². The Labute approximate surface area is 186 Å². The number of hydrogen-bond acceptors (Lipinski definition) is 5. The average molecular weight is 459 g/mol. The molecular formula is C22H17ClF2N4O3. The molecule has 2 aromatic heterocycles. The fraction of sp³-hybridized carbons (Fsp3) is 0.136. The van der Waals surface area contributed by atoms with Gasteiger partial charge in [0.2, 0.25) is 0 Å². The Hall–Kier alpha value is -3.72. The lowest BCUT2D eigenvalue weighted by molar-refractivity contribution is 0.101. The van der Waals surface area contributed by atoms with E-state index in [1.54, 1.807) is 29.9 Å². The number of aryl methyl sites for hydroxylation is 1. The summed E-state index contributed by atoms with van der Waals surface area (Å²) in [6.07, 6.45) is 1.70. The molecule has 10 heteroatoms. The van der Waals surface area contributed by atoms with Gasteiger partial charge >= 0.3 is 0 Å². The number of carbonyl (C=O) groups excluding carboxylic acids is 1. The van der Waals surface area contributed by atoms with Crippen LogP contribution in [0.1, 0.15) is 27.4 Å². The van der Waals surface area contributed by atoms with Crippen molar-refractivity contribution in [3.8, 4) is 5.75 Å². The van der Waals surface area contributed by atoms with Crippen LogP contribution in [0.5, 0.6) is 5.75 Å². The number of halogens is 3. The molecule has 2 heterocycles. The van der Waals surface area contributed by atoms with Crippen molar-refractivity contribution in [3.63, 3.8) is 0 Å². The molecule has 0 saturated carbocycles. The van der Waals surface area contributed by atoms with E-state index in [1.807, 2.05) is 18.2 Å². The zero-order valence-electron chi connectivity index (χ0n) is 16.8. The lowest BCUT2D eigenvalue weighted by Gasteiger charge is -2.08. The second-order valence-electron chi connectivity index (χ2n) is 6.87. The minimum Gasteiger partial charge on any atom is -0.486 e. The summed E-state index contributed by atoms with van der Waals surface area (Å²) in [6.45, 7) is 1.84. The second kappa shape index (κ2) is 9.19. The van der Waals surface area contributed by atoms with Crippen LogP contribution in [-0.2, 0) is 13.2 Å². The summed E-state index contributed by atoms with van der Waals surface area (Å²) in [6, 6.07) is 12.0. The third-order valence-electron chi connectivity index (χ3n) is 4.64. The number of nitrogens with zero attached hydrogens (tertiary/aromatic N) is 3. The summed E-state index contributed by atoms with van der Waals surface area (Å²) >= 11 is 6.17. The molecule has 0 saturated heterocycles. The van der Waals surface area contributed by atoms with Crippen LogP contribution in [0.25, 0.3) is 0 Å². The van der Waals surface area contributed by atoms with Gasteiger partial charge in [0.25, 0.3) is 5.91 Å². The van der Waals surface area contributed by atoms with Gasteiger partial charge in [0.1, 0.15) is 18.2 Å². The molecule has 0 radical (unpaired) electrons. The van der Waals surface area contributed by atoms with Gasteiger partial charge in [0.15, 0.2) is 23.1 Å². The molecule has 0 aliphatic heterocycles. The van der Waals surface area contributed by atoms with Crippen molar-refractivity contribution < 1.29 is 22.8 Å². The lowest BCUT2D eigenvalue weighted by atomic mass is 10.2. The number of benzene rings is 2. The molecule has 0 bridgehead atoms. The molecule has 1 N–H and O–H groups in total. The van der Waals surface area contributed by atoms with Gasteiger partial charge in [-0.1, -0.05) is 35.0 Å². The van der Waals surface area contributed by atoms with Gasteiger partial charge < -0.3 is 14.6 Å². The number of aromatic nitrogens is 3. The molecule has 0 aliphatic rings. The summed E-state index contributed by atoms with van der Waals surface area (Å²) in [5, 5.41) is 11.4. The van der Waals surface area contributed by atoms with E-state index < -0.39 is 17.5 Å². The van der Waals surface area contributed by atoms with E-state index in [-0.39, 0.29) is 18.1 Å². The molecule has 0 atom stereocenters. The number of anilines is 1. The highest BCUT2D eigenvalue weighted by atomic mass is 35.5. The number of rotatable bonds is 7. The maximum absolute atomic E-state index is 13.8. The van der Waals surface area contributed by atoms with Gasteiger partial charge in [-0.05, 0) is 30.7 Å². The maximum atomic E-state index is 13.8. The Balaban J connectivity index is 1.44. The van der Waals surface area contributed by atoms with Crippen LogP contribution in [0.15, 0.2) is 59.3 Å². The van der Waals surface area contributed by atoms with E-state index in [9.17, 15) is 13.6 Å². The lowest BCUT2D eigenvalue weighted by Crippen LogP contribution is -2.16. The van der Waals surface area contributed by atoms with Crippen LogP contribution in [0.4, 0.5) is 14.6 Å². The Morgan fingerprint density at radius 2 is 2.03 bits per heavy atom. The van der Waals surface area contributed by atoms with E-state index >= 15 is 0 Å². The first kappa shape index (κ1) is 21.5. The minimum atomic E-state index is -0.853. The van der Waals surface area contributed by atoms with Crippen LogP contribution < -0.4 is 10.1 Å². The number of carbonyl (C=O) groups is 1. The highest BCUT2D eigenvalue weighted by Crippen LogP contribution is 2.22. The normalized spacial score (nSPS) is 10.9. The summed E-state index contributed by atoms with van der Waals surface area (Å²) in [4.78, 5) is 12.7. The molecular weight excluding hydrogens is 442 g/mol. The maximum Gasteiger partial charge on any atom is 0.279 e. The van der Waals surface area contributed by atoms with E-state index in [2.05, 4.69) is 15.6 Å². The first-order valence-electron chi connectivity index (χ1n) is 9.52. The zero-order valence-corrected chi connectivity index (χ0v) is 17.6. The van der Waals surface area contributed by atoms with Gasteiger partial charge in [-0.15, -0.1) is 0 Å². The molecule has 0 aliphatic carbocycles. The van der Waals surface area contributed by atoms with Crippen LogP contribution in [0, 0.1) is 18.6 Å². The van der Waals surface area contributed by atoms with Gasteiger partial charge in [0, 0.05) is 23.4 Å². The highest BCUT2D eigenvalue weighted by molar-refractivity contribution is 6.31.